The molecule has 0 saturated heterocycles. The maximum Gasteiger partial charge on any atom is 0.410 e. The number of para-hydroxylation sites is 1. The molecule has 4 fully saturated rings. The van der Waals surface area contributed by atoms with Crippen molar-refractivity contribution in [3.8, 4) is 11.1 Å². The van der Waals surface area contributed by atoms with E-state index in [1.807, 2.05) is 81.6 Å². The Labute approximate surface area is 604 Å². The van der Waals surface area contributed by atoms with Crippen LogP contribution < -0.4 is 42.5 Å². The molecule has 3 aromatic carbocycles. The largest absolute Gasteiger partial charge is 0.476 e. The number of carboxylic acids is 1. The molecule has 0 radical (unpaired) electrons. The topological polar surface area (TPSA) is 378 Å². The van der Waals surface area contributed by atoms with Crippen LogP contribution in [-0.4, -0.2) is 158 Å². The first-order valence-corrected chi connectivity index (χ1v) is 38.1. The molecule has 1 aliphatic heterocycles. The second-order valence-corrected chi connectivity index (χ2v) is 31.9. The van der Waals surface area contributed by atoms with E-state index in [-0.39, 0.29) is 97.7 Å². The zero-order valence-corrected chi connectivity index (χ0v) is 61.3. The summed E-state index contributed by atoms with van der Waals surface area (Å²) in [5, 5.41) is 32.8. The highest BCUT2D eigenvalue weighted by molar-refractivity contribution is 14.1. The van der Waals surface area contributed by atoms with Gasteiger partial charge in [-0.05, 0) is 159 Å². The van der Waals surface area contributed by atoms with Gasteiger partial charge in [0.25, 0.3) is 16.0 Å². The van der Waals surface area contributed by atoms with Crippen molar-refractivity contribution in [1.29, 1.82) is 0 Å². The Kier molecular flexibility index (Phi) is 24.1. The predicted octanol–water partition coefficient (Wildman–Crippen LogP) is 9.16. The summed E-state index contributed by atoms with van der Waals surface area (Å²) in [5.41, 5.74) is 9.90. The fraction of sp³-hybridized carbons (Fsp3) is 0.507. The summed E-state index contributed by atoms with van der Waals surface area (Å²) >= 11 is 3.38. The number of fused-ring (bicyclic) bond motifs is 2. The molecule has 10 N–H and O–H groups in total. The first-order chi connectivity index (χ1) is 48.0. The number of amides is 8. The van der Waals surface area contributed by atoms with Crippen LogP contribution in [0.2, 0.25) is 0 Å². The Bertz CT molecular complexity index is 4140. The first kappa shape index (κ1) is 75.3. The number of carbonyl (C=O) groups is 8. The first-order valence-electron chi connectivity index (χ1n) is 34.2. The fourth-order valence-electron chi connectivity index (χ4n) is 16.2. The molecule has 2 unspecified atom stereocenters. The third kappa shape index (κ3) is 19.5. The van der Waals surface area contributed by atoms with Crippen LogP contribution in [0.1, 0.15) is 148 Å². The van der Waals surface area contributed by atoms with Crippen molar-refractivity contribution in [1.82, 2.24) is 45.9 Å². The van der Waals surface area contributed by atoms with Gasteiger partial charge in [0.15, 0.2) is 10.8 Å². The van der Waals surface area contributed by atoms with Crippen LogP contribution in [0, 0.1) is 29.1 Å². The van der Waals surface area contributed by atoms with Gasteiger partial charge in [0.2, 0.25) is 23.6 Å². The summed E-state index contributed by atoms with van der Waals surface area (Å²) in [7, 11) is -4.50. The molecule has 4 aliphatic carbocycles. The average molecular weight is 1540 g/mol. The number of benzene rings is 3. The van der Waals surface area contributed by atoms with Gasteiger partial charge in [-0.2, -0.15) is 13.5 Å². The van der Waals surface area contributed by atoms with E-state index in [9.17, 15) is 56.4 Å². The zero-order chi connectivity index (χ0) is 72.4. The van der Waals surface area contributed by atoms with Gasteiger partial charge in [0.05, 0.1) is 38.8 Å². The van der Waals surface area contributed by atoms with Crippen molar-refractivity contribution in [2.75, 3.05) is 65.0 Å². The molecule has 8 amide bonds. The average Bonchev–Trinajstić information content (AvgIpc) is 0.834. The van der Waals surface area contributed by atoms with E-state index in [4.69, 9.17) is 25.3 Å². The molecule has 30 heteroatoms. The number of unbranched alkanes of at least 4 members (excludes halogenated alkanes) is 2. The smallest absolute Gasteiger partial charge is 0.410 e. The lowest BCUT2D eigenvalue weighted by atomic mass is 9.39. The van der Waals surface area contributed by atoms with E-state index in [2.05, 4.69) is 50.7 Å². The van der Waals surface area contributed by atoms with Crippen LogP contribution in [-0.2, 0) is 64.9 Å². The monoisotopic (exact) mass is 1540 g/mol. The van der Waals surface area contributed by atoms with Gasteiger partial charge in [-0.1, -0.05) is 104 Å². The minimum atomic E-state index is -4.50. The second-order valence-electron chi connectivity index (χ2n) is 28.5. The standard InChI is InChI=1S/C71H90IN13O14S2/c1-44(2)59(81-57(86)18-7-6-10-26-74-58(87)33-72)63(90)78-54(16-12-27-75-65(73)93)62(89)77-48-21-19-46(20-22-48)36-98-67(94)83(30-32-101(95,96)97)29-31-99-71-40-68(4)37-69(5,41-71)39-70(38-68,42-71)43-85-45(3)51(34-76-85)49-23-24-56(80-60(49)64(91)92)84-28-25-47-13-11-14-50(52(47)35-84)61(88)82-66-79-53-15-8-9-17-55(53)100-66/h8-9,11,13-15,17,19-24,34,44,54,59H,6-7,10,12,16,18,25-33,35-43H2,1-5H3,(H,74,87)(H,77,89)(H,78,90)(H,81,86)(H,91,92)(H3,73,75,93)(H,79,82,88)(H,95,96,97)/t54-,59+,68?,69?,70?,71?/m0/s1. The summed E-state index contributed by atoms with van der Waals surface area (Å²) in [6.07, 6.45) is 8.94. The molecule has 4 heterocycles. The van der Waals surface area contributed by atoms with Crippen LogP contribution in [0.4, 0.5) is 26.2 Å². The van der Waals surface area contributed by atoms with Crippen molar-refractivity contribution >= 4 is 119 Å². The van der Waals surface area contributed by atoms with Gasteiger partial charge < -0.3 is 56.7 Å². The number of urea groups is 1. The molecule has 27 nitrogen and oxygen atoms in total. The van der Waals surface area contributed by atoms with Crippen LogP contribution in [0.3, 0.4) is 0 Å². The molecule has 4 saturated carbocycles. The number of alkyl halides is 1. The fourth-order valence-corrected chi connectivity index (χ4v) is 17.7. The lowest BCUT2D eigenvalue weighted by Gasteiger charge is -2.69. The third-order valence-corrected chi connectivity index (χ3v) is 21.9. The molecule has 5 aliphatic rings. The number of primary amides is 1. The number of hydrogen-bond acceptors (Lipinski definition) is 17. The van der Waals surface area contributed by atoms with Gasteiger partial charge in [-0.15, -0.1) is 0 Å². The number of ether oxygens (including phenoxy) is 2. The summed E-state index contributed by atoms with van der Waals surface area (Å²) in [6.45, 7) is 11.5. The molecule has 101 heavy (non-hydrogen) atoms. The number of nitrogens with zero attached hydrogens (tertiary/aromatic N) is 6. The Balaban J connectivity index is 0.753. The minimum Gasteiger partial charge on any atom is -0.476 e. The SMILES string of the molecule is Cc1c(-c2ccc(N3CCc4cccc(C(=O)Nc5nc6ccccc6s5)c4C3)nc2C(=O)O)cnn1CC12CC3(C)CC(C)(C1)CC(OCCN(CCS(=O)(=O)O)C(=O)OCc1ccc(NC(=O)[C@H](CCCNC(N)=O)NC(=O)[C@H](NC(=O)CCCCCNC(=O)CI)C(C)C)cc1)(C3)C2. The number of hydrogen-bond donors (Lipinski definition) is 9. The number of aromatic nitrogens is 4. The number of carboxylic acid groups (broad SMARTS) is 1. The maximum absolute atomic E-state index is 13.9. The maximum atomic E-state index is 13.9. The molecular weight excluding hydrogens is 1450 g/mol. The summed E-state index contributed by atoms with van der Waals surface area (Å²) in [6, 6.07) is 20.5. The molecule has 0 spiro atoms. The quantitative estimate of drug-likeness (QED) is 0.00802. The number of thiazole rings is 1. The van der Waals surface area contributed by atoms with Gasteiger partial charge in [-0.25, -0.2) is 24.4 Å². The lowest BCUT2D eigenvalue weighted by Crippen LogP contribution is -2.64. The molecule has 4 atom stereocenters. The highest BCUT2D eigenvalue weighted by atomic mass is 127. The van der Waals surface area contributed by atoms with Crippen LogP contribution in [0.25, 0.3) is 21.3 Å². The van der Waals surface area contributed by atoms with E-state index in [0.29, 0.717) is 102 Å². The van der Waals surface area contributed by atoms with E-state index < -0.39 is 63.5 Å². The van der Waals surface area contributed by atoms with Crippen molar-refractivity contribution in [3.63, 3.8) is 0 Å². The van der Waals surface area contributed by atoms with Gasteiger partial charge in [-0.3, -0.25) is 38.5 Å². The van der Waals surface area contributed by atoms with Crippen molar-refractivity contribution in [2.45, 2.75) is 155 Å². The van der Waals surface area contributed by atoms with Crippen LogP contribution >= 0.6 is 33.9 Å². The molecule has 4 bridgehead atoms. The molecule has 3 aromatic heterocycles. The van der Waals surface area contributed by atoms with Gasteiger partial charge >= 0.3 is 18.1 Å². The highest BCUT2D eigenvalue weighted by Gasteiger charge is 2.66. The molecule has 11 rings (SSSR count). The molecule has 6 aromatic rings. The lowest BCUT2D eigenvalue weighted by molar-refractivity contribution is -0.248. The predicted molar refractivity (Wildman–Crippen MR) is 390 cm³/mol. The normalized spacial score (nSPS) is 20.3. The summed E-state index contributed by atoms with van der Waals surface area (Å²) in [4.78, 5) is 117. The second kappa shape index (κ2) is 32.3. The van der Waals surface area contributed by atoms with E-state index >= 15 is 0 Å². The van der Waals surface area contributed by atoms with E-state index in [1.165, 1.54) is 16.2 Å². The zero-order valence-electron chi connectivity index (χ0n) is 57.5. The molecule has 542 valence electrons. The highest BCUT2D eigenvalue weighted by Crippen LogP contribution is 2.72. The molecular formula is C71H90IN13O14S2. The summed E-state index contributed by atoms with van der Waals surface area (Å²) in [5.74, 6) is -3.64. The Morgan fingerprint density at radius 3 is 2.25 bits per heavy atom. The number of nitrogens with one attached hydrogen (secondary N) is 6. The van der Waals surface area contributed by atoms with E-state index in [0.717, 1.165) is 59.1 Å². The van der Waals surface area contributed by atoms with Crippen molar-refractivity contribution in [2.24, 2.45) is 27.9 Å². The number of halogens is 1. The van der Waals surface area contributed by atoms with Crippen molar-refractivity contribution in [3.05, 3.63) is 119 Å². The summed E-state index contributed by atoms with van der Waals surface area (Å²) < 4.78 is 50.0. The number of carbonyl (C=O) groups excluding carboxylic acids is 7. The van der Waals surface area contributed by atoms with Crippen LogP contribution in [0.15, 0.2) is 85.1 Å². The Morgan fingerprint density at radius 1 is 0.802 bits per heavy atom. The number of pyridine rings is 1. The van der Waals surface area contributed by atoms with Gasteiger partial charge in [0, 0.05) is 80.3 Å². The number of aromatic carboxylic acids is 1. The number of rotatable bonds is 33. The van der Waals surface area contributed by atoms with Crippen molar-refractivity contribution < 1.29 is 65.9 Å². The number of anilines is 3. The van der Waals surface area contributed by atoms with E-state index in [1.54, 1.807) is 56.4 Å². The van der Waals surface area contributed by atoms with Crippen LogP contribution in [0.5, 0.6) is 0 Å². The third-order valence-electron chi connectivity index (χ3n) is 19.6. The minimum absolute atomic E-state index is 0.0351. The number of nitrogens with two attached hydrogens (primary N) is 1. The Morgan fingerprint density at radius 2 is 1.54 bits per heavy atom. The van der Waals surface area contributed by atoms with Gasteiger partial charge in [0.1, 0.15) is 24.5 Å². The Hall–Kier alpha value is -8.33.